The van der Waals surface area contributed by atoms with Gasteiger partial charge in [-0.1, -0.05) is 18.2 Å². The zero-order chi connectivity index (χ0) is 17.6. The van der Waals surface area contributed by atoms with E-state index < -0.39 is 5.82 Å². The molecule has 0 unspecified atom stereocenters. The van der Waals surface area contributed by atoms with Crippen molar-refractivity contribution in [1.29, 1.82) is 0 Å². The highest BCUT2D eigenvalue weighted by Crippen LogP contribution is 2.26. The van der Waals surface area contributed by atoms with E-state index in [1.807, 2.05) is 18.2 Å². The van der Waals surface area contributed by atoms with Crippen LogP contribution in [0, 0.1) is 11.7 Å². The lowest BCUT2D eigenvalue weighted by Gasteiger charge is -2.19. The number of nitrogens with zero attached hydrogens (tertiary/aromatic N) is 1. The van der Waals surface area contributed by atoms with Crippen molar-refractivity contribution in [3.05, 3.63) is 54.3 Å². The molecule has 0 aromatic heterocycles. The quantitative estimate of drug-likeness (QED) is 0.874. The maximum absolute atomic E-state index is 13.5. The summed E-state index contributed by atoms with van der Waals surface area (Å²) in [4.78, 5) is 14.2. The molecular formula is C19H22FN3O2. The molecule has 1 fully saturated rings. The van der Waals surface area contributed by atoms with Gasteiger partial charge < -0.3 is 20.3 Å². The van der Waals surface area contributed by atoms with Crippen LogP contribution in [0.4, 0.5) is 20.6 Å². The first-order chi connectivity index (χ1) is 12.2. The van der Waals surface area contributed by atoms with Gasteiger partial charge in [-0.3, -0.25) is 0 Å². The minimum absolute atomic E-state index is 0.185. The minimum Gasteiger partial charge on any atom is -0.497 e. The summed E-state index contributed by atoms with van der Waals surface area (Å²) in [5.74, 6) is 0.753. The number of amides is 2. The lowest BCUT2D eigenvalue weighted by molar-refractivity contribution is 0.250. The fourth-order valence-electron chi connectivity index (χ4n) is 3.01. The largest absolute Gasteiger partial charge is 0.497 e. The van der Waals surface area contributed by atoms with Gasteiger partial charge in [0.25, 0.3) is 0 Å². The molecule has 2 aromatic carbocycles. The monoisotopic (exact) mass is 343 g/mol. The standard InChI is InChI=1S/C19H22FN3O2/c1-25-16-6-4-5-15(11-16)23-10-9-14(13-23)12-21-19(24)22-18-8-3-2-7-17(18)20/h2-8,11,14H,9-10,12-13H2,1H3,(H2,21,22,24)/t14-/m1/s1. The molecule has 0 spiro atoms. The Morgan fingerprint density at radius 1 is 1.28 bits per heavy atom. The van der Waals surface area contributed by atoms with Crippen LogP contribution in [-0.2, 0) is 0 Å². The number of anilines is 2. The van der Waals surface area contributed by atoms with E-state index in [1.165, 1.54) is 12.1 Å². The minimum atomic E-state index is -0.442. The third-order valence-electron chi connectivity index (χ3n) is 4.38. The van der Waals surface area contributed by atoms with Gasteiger partial charge in [-0.2, -0.15) is 0 Å². The van der Waals surface area contributed by atoms with Crippen molar-refractivity contribution >= 4 is 17.4 Å². The van der Waals surface area contributed by atoms with Crippen molar-refractivity contribution in [3.63, 3.8) is 0 Å². The molecule has 1 atom stereocenters. The Labute approximate surface area is 146 Å². The van der Waals surface area contributed by atoms with Crippen LogP contribution in [-0.4, -0.2) is 32.8 Å². The van der Waals surface area contributed by atoms with Crippen molar-refractivity contribution < 1.29 is 13.9 Å². The molecule has 0 aliphatic carbocycles. The lowest BCUT2D eigenvalue weighted by atomic mass is 10.1. The van der Waals surface area contributed by atoms with Crippen LogP contribution in [0.3, 0.4) is 0 Å². The number of ether oxygens (including phenoxy) is 1. The Bertz CT molecular complexity index is 738. The van der Waals surface area contributed by atoms with E-state index in [1.54, 1.807) is 19.2 Å². The summed E-state index contributed by atoms with van der Waals surface area (Å²) in [5, 5.41) is 5.36. The average Bonchev–Trinajstić information content (AvgIpc) is 3.11. The molecule has 0 saturated carbocycles. The van der Waals surface area contributed by atoms with Crippen molar-refractivity contribution in [3.8, 4) is 5.75 Å². The van der Waals surface area contributed by atoms with E-state index in [0.29, 0.717) is 12.5 Å². The summed E-state index contributed by atoms with van der Waals surface area (Å²) in [5.41, 5.74) is 1.31. The first-order valence-corrected chi connectivity index (χ1v) is 8.34. The number of carbonyl (C=O) groups excluding carboxylic acids is 1. The van der Waals surface area contributed by atoms with E-state index in [4.69, 9.17) is 4.74 Å². The topological polar surface area (TPSA) is 53.6 Å². The summed E-state index contributed by atoms with van der Waals surface area (Å²) in [6, 6.07) is 13.7. The number of hydrogen-bond acceptors (Lipinski definition) is 3. The molecule has 1 aliphatic rings. The van der Waals surface area contributed by atoms with Gasteiger partial charge >= 0.3 is 6.03 Å². The second kappa shape index (κ2) is 7.88. The maximum atomic E-state index is 13.5. The van der Waals surface area contributed by atoms with Gasteiger partial charge in [-0.15, -0.1) is 0 Å². The Hall–Kier alpha value is -2.76. The number of carbonyl (C=O) groups is 1. The molecule has 1 saturated heterocycles. The SMILES string of the molecule is COc1cccc(N2CC[C@H](CNC(=O)Nc3ccccc3F)C2)c1. The van der Waals surface area contributed by atoms with Gasteiger partial charge in [-0.05, 0) is 36.6 Å². The smallest absolute Gasteiger partial charge is 0.319 e. The molecule has 2 aromatic rings. The molecule has 1 heterocycles. The third kappa shape index (κ3) is 4.41. The van der Waals surface area contributed by atoms with Gasteiger partial charge in [0.2, 0.25) is 0 Å². The summed E-state index contributed by atoms with van der Waals surface area (Å²) >= 11 is 0. The molecule has 2 N–H and O–H groups in total. The molecule has 2 amide bonds. The average molecular weight is 343 g/mol. The Morgan fingerprint density at radius 3 is 2.92 bits per heavy atom. The number of methoxy groups -OCH3 is 1. The number of hydrogen-bond donors (Lipinski definition) is 2. The highest BCUT2D eigenvalue weighted by atomic mass is 19.1. The fraction of sp³-hybridized carbons (Fsp3) is 0.316. The molecule has 0 radical (unpaired) electrons. The third-order valence-corrected chi connectivity index (χ3v) is 4.38. The van der Waals surface area contributed by atoms with Crippen molar-refractivity contribution in [2.24, 2.45) is 5.92 Å². The second-order valence-electron chi connectivity index (χ2n) is 6.12. The zero-order valence-electron chi connectivity index (χ0n) is 14.2. The van der Waals surface area contributed by atoms with Crippen LogP contribution in [0.25, 0.3) is 0 Å². The molecule has 0 bridgehead atoms. The van der Waals surface area contributed by atoms with Crippen LogP contribution in [0.1, 0.15) is 6.42 Å². The van der Waals surface area contributed by atoms with E-state index in [-0.39, 0.29) is 11.7 Å². The molecule has 132 valence electrons. The summed E-state index contributed by atoms with van der Waals surface area (Å²) < 4.78 is 18.8. The molecule has 25 heavy (non-hydrogen) atoms. The summed E-state index contributed by atoms with van der Waals surface area (Å²) in [6.45, 7) is 2.36. The number of para-hydroxylation sites is 1. The summed E-state index contributed by atoms with van der Waals surface area (Å²) in [6.07, 6.45) is 0.997. The Balaban J connectivity index is 1.48. The van der Waals surface area contributed by atoms with Gasteiger partial charge in [0.05, 0.1) is 12.8 Å². The number of urea groups is 1. The fourth-order valence-corrected chi connectivity index (χ4v) is 3.01. The normalized spacial score (nSPS) is 16.6. The predicted molar refractivity (Wildman–Crippen MR) is 96.7 cm³/mol. The number of halogens is 1. The number of nitrogens with one attached hydrogen (secondary N) is 2. The first kappa shape index (κ1) is 17.1. The highest BCUT2D eigenvalue weighted by Gasteiger charge is 2.23. The van der Waals surface area contributed by atoms with Crippen molar-refractivity contribution in [2.45, 2.75) is 6.42 Å². The van der Waals surface area contributed by atoms with Crippen LogP contribution in [0.15, 0.2) is 48.5 Å². The molecular weight excluding hydrogens is 321 g/mol. The number of rotatable bonds is 5. The summed E-state index contributed by atoms with van der Waals surface area (Å²) in [7, 11) is 1.66. The van der Waals surface area contributed by atoms with Crippen LogP contribution in [0.2, 0.25) is 0 Å². The van der Waals surface area contributed by atoms with Crippen LogP contribution in [0.5, 0.6) is 5.75 Å². The Kier molecular flexibility index (Phi) is 5.38. The van der Waals surface area contributed by atoms with E-state index in [0.717, 1.165) is 30.9 Å². The van der Waals surface area contributed by atoms with Gasteiger partial charge in [0, 0.05) is 31.4 Å². The van der Waals surface area contributed by atoms with E-state index >= 15 is 0 Å². The van der Waals surface area contributed by atoms with Crippen LogP contribution >= 0.6 is 0 Å². The molecule has 1 aliphatic heterocycles. The molecule has 6 heteroatoms. The Morgan fingerprint density at radius 2 is 2.12 bits per heavy atom. The van der Waals surface area contributed by atoms with E-state index in [2.05, 4.69) is 21.6 Å². The maximum Gasteiger partial charge on any atom is 0.319 e. The van der Waals surface area contributed by atoms with Gasteiger partial charge in [-0.25, -0.2) is 9.18 Å². The van der Waals surface area contributed by atoms with E-state index in [9.17, 15) is 9.18 Å². The molecule has 5 nitrogen and oxygen atoms in total. The predicted octanol–water partition coefficient (Wildman–Crippen LogP) is 3.48. The van der Waals surface area contributed by atoms with Crippen molar-refractivity contribution in [2.75, 3.05) is 37.0 Å². The van der Waals surface area contributed by atoms with Gasteiger partial charge in [0.15, 0.2) is 0 Å². The van der Waals surface area contributed by atoms with Gasteiger partial charge in [0.1, 0.15) is 11.6 Å². The number of benzene rings is 2. The first-order valence-electron chi connectivity index (χ1n) is 8.34. The lowest BCUT2D eigenvalue weighted by Crippen LogP contribution is -2.34. The molecule has 3 rings (SSSR count). The zero-order valence-corrected chi connectivity index (χ0v) is 14.2. The van der Waals surface area contributed by atoms with Crippen molar-refractivity contribution in [1.82, 2.24) is 5.32 Å². The highest BCUT2D eigenvalue weighted by molar-refractivity contribution is 5.89. The van der Waals surface area contributed by atoms with Crippen LogP contribution < -0.4 is 20.3 Å². The second-order valence-corrected chi connectivity index (χ2v) is 6.12.